The third-order valence-corrected chi connectivity index (χ3v) is 5.11. The van der Waals surface area contributed by atoms with Crippen LogP contribution in [0.3, 0.4) is 0 Å². The van der Waals surface area contributed by atoms with Crippen LogP contribution in [0.2, 0.25) is 5.02 Å². The summed E-state index contributed by atoms with van der Waals surface area (Å²) in [5.41, 5.74) is 0.815. The lowest BCUT2D eigenvalue weighted by molar-refractivity contribution is -0.149. The van der Waals surface area contributed by atoms with Gasteiger partial charge in [0, 0.05) is 23.7 Å². The van der Waals surface area contributed by atoms with Crippen LogP contribution in [0.15, 0.2) is 54.6 Å². The van der Waals surface area contributed by atoms with E-state index in [1.54, 1.807) is 29.2 Å². The van der Waals surface area contributed by atoms with Crippen molar-refractivity contribution in [2.24, 2.45) is 0 Å². The molecule has 0 spiro atoms. The van der Waals surface area contributed by atoms with Crippen LogP contribution in [0.4, 0.5) is 0 Å². The molecule has 1 aliphatic rings. The fraction of sp³-hybridized carbons (Fsp3) is 0.300. The van der Waals surface area contributed by atoms with Gasteiger partial charge in [0.1, 0.15) is 0 Å². The van der Waals surface area contributed by atoms with Crippen LogP contribution in [0.25, 0.3) is 0 Å². The molecule has 0 saturated carbocycles. The summed E-state index contributed by atoms with van der Waals surface area (Å²) in [6.07, 6.45) is 1.08. The van der Waals surface area contributed by atoms with E-state index in [2.05, 4.69) is 0 Å². The van der Waals surface area contributed by atoms with Gasteiger partial charge in [0.05, 0.1) is 12.5 Å². The predicted molar refractivity (Wildman–Crippen MR) is 96.7 cm³/mol. The van der Waals surface area contributed by atoms with E-state index in [4.69, 9.17) is 16.3 Å². The number of amides is 1. The standard InChI is InChI=1S/C20H20ClNO3/c1-25-19(24)20(16-7-3-2-4-8-16)10-12-22(13-11-20)18(23)15-6-5-9-17(21)14-15/h2-9,14H,10-13H2,1H3. The number of hydrogen-bond donors (Lipinski definition) is 0. The Bertz CT molecular complexity index is 768. The van der Waals surface area contributed by atoms with Crippen LogP contribution < -0.4 is 0 Å². The smallest absolute Gasteiger partial charge is 0.316 e. The summed E-state index contributed by atoms with van der Waals surface area (Å²) in [6, 6.07) is 16.6. The molecule has 1 amide bonds. The number of likely N-dealkylation sites (tertiary alicyclic amines) is 1. The first-order valence-electron chi connectivity index (χ1n) is 8.25. The first-order chi connectivity index (χ1) is 12.1. The Morgan fingerprint density at radius 3 is 2.32 bits per heavy atom. The average molecular weight is 358 g/mol. The van der Waals surface area contributed by atoms with Gasteiger partial charge in [0.15, 0.2) is 0 Å². The first kappa shape index (κ1) is 17.5. The van der Waals surface area contributed by atoms with Crippen LogP contribution in [-0.4, -0.2) is 37.0 Å². The van der Waals surface area contributed by atoms with Crippen molar-refractivity contribution in [1.82, 2.24) is 4.90 Å². The molecule has 0 aliphatic carbocycles. The third-order valence-electron chi connectivity index (χ3n) is 4.88. The van der Waals surface area contributed by atoms with E-state index in [9.17, 15) is 9.59 Å². The molecule has 1 heterocycles. The quantitative estimate of drug-likeness (QED) is 0.787. The number of rotatable bonds is 3. The topological polar surface area (TPSA) is 46.6 Å². The number of halogens is 1. The normalized spacial score (nSPS) is 16.3. The van der Waals surface area contributed by atoms with Gasteiger partial charge in [-0.15, -0.1) is 0 Å². The molecule has 0 aromatic heterocycles. The Morgan fingerprint density at radius 1 is 1.04 bits per heavy atom. The molecule has 0 radical (unpaired) electrons. The number of carbonyl (C=O) groups excluding carboxylic acids is 2. The minimum absolute atomic E-state index is 0.0611. The number of esters is 1. The van der Waals surface area contributed by atoms with Crippen LogP contribution >= 0.6 is 11.6 Å². The van der Waals surface area contributed by atoms with Crippen molar-refractivity contribution in [3.63, 3.8) is 0 Å². The summed E-state index contributed by atoms with van der Waals surface area (Å²) in [7, 11) is 1.41. The highest BCUT2D eigenvalue weighted by molar-refractivity contribution is 6.30. The average Bonchev–Trinajstić information content (AvgIpc) is 2.67. The molecule has 1 saturated heterocycles. The largest absolute Gasteiger partial charge is 0.468 e. The molecule has 3 rings (SSSR count). The number of nitrogens with zero attached hydrogens (tertiary/aromatic N) is 1. The van der Waals surface area contributed by atoms with Gasteiger partial charge in [-0.3, -0.25) is 9.59 Å². The number of carbonyl (C=O) groups is 2. The lowest BCUT2D eigenvalue weighted by atomic mass is 9.72. The highest BCUT2D eigenvalue weighted by atomic mass is 35.5. The molecular weight excluding hydrogens is 338 g/mol. The van der Waals surface area contributed by atoms with Gasteiger partial charge in [-0.2, -0.15) is 0 Å². The van der Waals surface area contributed by atoms with Gasteiger partial charge in [-0.1, -0.05) is 48.0 Å². The maximum Gasteiger partial charge on any atom is 0.316 e. The molecule has 2 aromatic rings. The van der Waals surface area contributed by atoms with E-state index in [1.165, 1.54) is 7.11 Å². The minimum atomic E-state index is -0.693. The molecule has 2 aromatic carbocycles. The van der Waals surface area contributed by atoms with Gasteiger partial charge < -0.3 is 9.64 Å². The maximum atomic E-state index is 12.7. The summed E-state index contributed by atoms with van der Waals surface area (Å²) in [4.78, 5) is 27.0. The van der Waals surface area contributed by atoms with Crippen LogP contribution in [0, 0.1) is 0 Å². The second-order valence-corrected chi connectivity index (χ2v) is 6.68. The van der Waals surface area contributed by atoms with Gasteiger partial charge in [-0.05, 0) is 36.6 Å². The van der Waals surface area contributed by atoms with Crippen LogP contribution in [-0.2, 0) is 14.9 Å². The van der Waals surface area contributed by atoms with Crippen molar-refractivity contribution in [2.75, 3.05) is 20.2 Å². The lowest BCUT2D eigenvalue weighted by Crippen LogP contribution is -2.49. The van der Waals surface area contributed by atoms with Crippen molar-refractivity contribution >= 4 is 23.5 Å². The fourth-order valence-electron chi connectivity index (χ4n) is 3.46. The van der Waals surface area contributed by atoms with E-state index in [0.717, 1.165) is 5.56 Å². The molecule has 0 unspecified atom stereocenters. The van der Waals surface area contributed by atoms with Crippen molar-refractivity contribution in [3.05, 3.63) is 70.7 Å². The first-order valence-corrected chi connectivity index (χ1v) is 8.63. The summed E-state index contributed by atoms with van der Waals surface area (Å²) in [6.45, 7) is 0.991. The highest BCUT2D eigenvalue weighted by Gasteiger charge is 2.44. The lowest BCUT2D eigenvalue weighted by Gasteiger charge is -2.40. The van der Waals surface area contributed by atoms with E-state index in [-0.39, 0.29) is 11.9 Å². The monoisotopic (exact) mass is 357 g/mol. The second kappa shape index (κ2) is 7.28. The molecule has 25 heavy (non-hydrogen) atoms. The summed E-state index contributed by atoms with van der Waals surface area (Å²) in [5.74, 6) is -0.303. The third kappa shape index (κ3) is 3.40. The van der Waals surface area contributed by atoms with Crippen LogP contribution in [0.5, 0.6) is 0 Å². The van der Waals surface area contributed by atoms with Crippen molar-refractivity contribution in [1.29, 1.82) is 0 Å². The zero-order chi connectivity index (χ0) is 17.9. The van der Waals surface area contributed by atoms with E-state index < -0.39 is 5.41 Å². The number of ether oxygens (including phenoxy) is 1. The molecular formula is C20H20ClNO3. The summed E-state index contributed by atoms with van der Waals surface area (Å²) in [5, 5.41) is 0.538. The Labute approximate surface area is 152 Å². The van der Waals surface area contributed by atoms with Gasteiger partial charge in [0.2, 0.25) is 0 Å². The number of methoxy groups -OCH3 is 1. The van der Waals surface area contributed by atoms with E-state index >= 15 is 0 Å². The van der Waals surface area contributed by atoms with E-state index in [0.29, 0.717) is 36.5 Å². The van der Waals surface area contributed by atoms with Gasteiger partial charge in [0.25, 0.3) is 5.91 Å². The molecule has 0 N–H and O–H groups in total. The molecule has 0 atom stereocenters. The van der Waals surface area contributed by atoms with E-state index in [1.807, 2.05) is 30.3 Å². The molecule has 4 nitrogen and oxygen atoms in total. The van der Waals surface area contributed by atoms with Crippen molar-refractivity contribution < 1.29 is 14.3 Å². The molecule has 0 bridgehead atoms. The molecule has 130 valence electrons. The second-order valence-electron chi connectivity index (χ2n) is 6.24. The number of benzene rings is 2. The minimum Gasteiger partial charge on any atom is -0.468 e. The van der Waals surface area contributed by atoms with Crippen molar-refractivity contribution in [2.45, 2.75) is 18.3 Å². The molecule has 5 heteroatoms. The zero-order valence-electron chi connectivity index (χ0n) is 14.1. The zero-order valence-corrected chi connectivity index (χ0v) is 14.8. The Kier molecular flexibility index (Phi) is 5.09. The fourth-order valence-corrected chi connectivity index (χ4v) is 3.65. The molecule has 1 fully saturated rings. The molecule has 1 aliphatic heterocycles. The SMILES string of the molecule is COC(=O)C1(c2ccccc2)CCN(C(=O)c2cccc(Cl)c2)CC1. The van der Waals surface area contributed by atoms with Crippen molar-refractivity contribution in [3.8, 4) is 0 Å². The number of piperidine rings is 1. The Morgan fingerprint density at radius 2 is 1.72 bits per heavy atom. The van der Waals surface area contributed by atoms with Gasteiger partial charge in [-0.25, -0.2) is 0 Å². The summed E-state index contributed by atoms with van der Waals surface area (Å²) < 4.78 is 5.08. The Balaban J connectivity index is 1.81. The predicted octanol–water partition coefficient (Wildman–Crippen LogP) is 3.69. The highest BCUT2D eigenvalue weighted by Crippen LogP contribution is 2.37. The Hall–Kier alpha value is -2.33. The van der Waals surface area contributed by atoms with Gasteiger partial charge >= 0.3 is 5.97 Å². The number of hydrogen-bond acceptors (Lipinski definition) is 3. The summed E-state index contributed by atoms with van der Waals surface area (Å²) >= 11 is 5.98. The van der Waals surface area contributed by atoms with Crippen LogP contribution in [0.1, 0.15) is 28.8 Å². The maximum absolute atomic E-state index is 12.7.